The Hall–Kier alpha value is -4.54. The topological polar surface area (TPSA) is 150 Å². The lowest BCUT2D eigenvalue weighted by Gasteiger charge is -2.27. The van der Waals surface area contributed by atoms with E-state index >= 15 is 0 Å². The van der Waals surface area contributed by atoms with Gasteiger partial charge in [0.25, 0.3) is 5.91 Å². The summed E-state index contributed by atoms with van der Waals surface area (Å²) in [5.74, 6) is -0.587. The van der Waals surface area contributed by atoms with Gasteiger partial charge in [-0.15, -0.1) is 0 Å². The van der Waals surface area contributed by atoms with Crippen molar-refractivity contribution in [3.05, 3.63) is 107 Å². The minimum atomic E-state index is -0.740. The summed E-state index contributed by atoms with van der Waals surface area (Å²) in [5, 5.41) is 16.5. The molecular formula is C33H40N6O4. The molecule has 0 radical (unpaired) electrons. The molecule has 3 amide bonds. The number of amides is 3. The Balaban J connectivity index is 1.33. The van der Waals surface area contributed by atoms with Gasteiger partial charge in [-0.1, -0.05) is 66.7 Å². The Morgan fingerprint density at radius 3 is 2.07 bits per heavy atom. The zero-order valence-corrected chi connectivity index (χ0v) is 24.5. The summed E-state index contributed by atoms with van der Waals surface area (Å²) < 4.78 is 5.34. The Morgan fingerprint density at radius 1 is 0.837 bits per heavy atom. The van der Waals surface area contributed by atoms with Gasteiger partial charge in [0.15, 0.2) is 0 Å². The van der Waals surface area contributed by atoms with Gasteiger partial charge in [0, 0.05) is 37.3 Å². The Labute approximate surface area is 252 Å². The second-order valence-corrected chi connectivity index (χ2v) is 10.6. The van der Waals surface area contributed by atoms with Crippen LogP contribution >= 0.6 is 0 Å². The number of rotatable bonds is 13. The molecule has 0 aromatic heterocycles. The first-order chi connectivity index (χ1) is 20.8. The van der Waals surface area contributed by atoms with E-state index < -0.39 is 12.1 Å². The molecule has 1 heterocycles. The molecule has 0 unspecified atom stereocenters. The fourth-order valence-corrected chi connectivity index (χ4v) is 4.76. The maximum atomic E-state index is 13.3. The van der Waals surface area contributed by atoms with Crippen molar-refractivity contribution >= 4 is 23.6 Å². The number of nitrogens with one attached hydrogen (secondary N) is 4. The molecule has 0 aliphatic carbocycles. The third-order valence-electron chi connectivity index (χ3n) is 7.42. The van der Waals surface area contributed by atoms with Crippen molar-refractivity contribution in [2.45, 2.75) is 44.9 Å². The van der Waals surface area contributed by atoms with E-state index in [9.17, 15) is 14.4 Å². The van der Waals surface area contributed by atoms with Crippen molar-refractivity contribution in [2.24, 2.45) is 5.73 Å². The zero-order valence-electron chi connectivity index (χ0n) is 24.5. The number of nitrogens with two attached hydrogens (primary N) is 1. The number of morpholine rings is 1. The normalized spacial score (nSPS) is 14.4. The Morgan fingerprint density at radius 2 is 1.44 bits per heavy atom. The van der Waals surface area contributed by atoms with E-state index in [-0.39, 0.29) is 30.1 Å². The van der Waals surface area contributed by atoms with Crippen LogP contribution in [0, 0.1) is 5.41 Å². The molecule has 3 aromatic rings. The molecule has 10 nitrogen and oxygen atoms in total. The van der Waals surface area contributed by atoms with Crippen LogP contribution in [-0.4, -0.2) is 66.8 Å². The monoisotopic (exact) mass is 584 g/mol. The lowest BCUT2D eigenvalue weighted by atomic mass is 10.0. The minimum Gasteiger partial charge on any atom is -0.384 e. The van der Waals surface area contributed by atoms with Gasteiger partial charge in [0.2, 0.25) is 11.8 Å². The lowest BCUT2D eigenvalue weighted by Crippen LogP contribution is -2.51. The summed E-state index contributed by atoms with van der Waals surface area (Å²) in [4.78, 5) is 40.7. The van der Waals surface area contributed by atoms with Crippen molar-refractivity contribution in [3.63, 3.8) is 0 Å². The Bertz CT molecular complexity index is 1370. The predicted molar refractivity (Wildman–Crippen MR) is 165 cm³/mol. The molecule has 0 spiro atoms. The van der Waals surface area contributed by atoms with Crippen LogP contribution in [0.15, 0.2) is 78.9 Å². The molecule has 1 aliphatic heterocycles. The van der Waals surface area contributed by atoms with Crippen molar-refractivity contribution in [1.29, 1.82) is 5.41 Å². The average molecular weight is 585 g/mol. The van der Waals surface area contributed by atoms with Crippen LogP contribution in [0.1, 0.15) is 46.0 Å². The van der Waals surface area contributed by atoms with E-state index in [1.807, 2.05) is 54.6 Å². The smallest absolute Gasteiger partial charge is 0.254 e. The highest BCUT2D eigenvalue weighted by Gasteiger charge is 2.23. The summed E-state index contributed by atoms with van der Waals surface area (Å²) in [5.41, 5.74) is 9.66. The minimum absolute atomic E-state index is 0.0109. The first kappa shape index (κ1) is 31.4. The molecule has 3 aromatic carbocycles. The summed E-state index contributed by atoms with van der Waals surface area (Å²) in [7, 11) is 0. The molecule has 1 fully saturated rings. The molecule has 0 bridgehead atoms. The van der Waals surface area contributed by atoms with Crippen LogP contribution in [0.25, 0.3) is 0 Å². The number of amidine groups is 1. The van der Waals surface area contributed by atoms with Crippen molar-refractivity contribution in [3.8, 4) is 0 Å². The van der Waals surface area contributed by atoms with Crippen LogP contribution in [-0.2, 0) is 33.8 Å². The number of benzene rings is 3. The van der Waals surface area contributed by atoms with Crippen molar-refractivity contribution in [1.82, 2.24) is 20.9 Å². The summed E-state index contributed by atoms with van der Waals surface area (Å²) in [6.07, 6.45) is 1.23. The number of nitrogens with zero attached hydrogens (tertiary/aromatic N) is 1. The van der Waals surface area contributed by atoms with Gasteiger partial charge in [-0.25, -0.2) is 0 Å². The molecule has 43 heavy (non-hydrogen) atoms. The second kappa shape index (κ2) is 15.6. The number of aryl methyl sites for hydroxylation is 1. The molecule has 0 saturated carbocycles. The Kier molecular flexibility index (Phi) is 11.4. The highest BCUT2D eigenvalue weighted by atomic mass is 16.5. The number of hydrogen-bond acceptors (Lipinski definition) is 6. The number of carbonyl (C=O) groups is 3. The van der Waals surface area contributed by atoms with Crippen LogP contribution in [0.2, 0.25) is 0 Å². The van der Waals surface area contributed by atoms with E-state index in [1.54, 1.807) is 36.1 Å². The predicted octanol–water partition coefficient (Wildman–Crippen LogP) is 2.36. The fraction of sp³-hybridized carbons (Fsp3) is 0.333. The molecule has 4 rings (SSSR count). The highest BCUT2D eigenvalue weighted by molar-refractivity contribution is 5.95. The van der Waals surface area contributed by atoms with Crippen LogP contribution < -0.4 is 21.7 Å². The van der Waals surface area contributed by atoms with E-state index in [0.717, 1.165) is 16.7 Å². The van der Waals surface area contributed by atoms with Gasteiger partial charge in [-0.3, -0.25) is 19.8 Å². The number of hydrogen-bond donors (Lipinski definition) is 5. The average Bonchev–Trinajstić information content (AvgIpc) is 3.04. The molecule has 2 atom stereocenters. The van der Waals surface area contributed by atoms with Gasteiger partial charge in [-0.2, -0.15) is 0 Å². The maximum absolute atomic E-state index is 13.3. The first-order valence-corrected chi connectivity index (χ1v) is 14.5. The molecule has 6 N–H and O–H groups in total. The molecule has 226 valence electrons. The SMILES string of the molecule is C[C@H](NC(=O)[C@@H](CCc1ccccc1)NCc1ccc(C(=O)N2CCOCC2)cc1)C(=O)NCc1ccc(C(=N)N)cc1. The van der Waals surface area contributed by atoms with Gasteiger partial charge in [-0.05, 0) is 48.6 Å². The summed E-state index contributed by atoms with van der Waals surface area (Å²) in [6, 6.07) is 23.1. The standard InChI is InChI=1S/C33H40N6O4/c1-23(31(40)37-22-26-7-12-27(13-8-26)30(34)35)38-32(41)29(16-11-24-5-3-2-4-6-24)36-21-25-9-14-28(15-10-25)33(42)39-17-19-43-20-18-39/h2-10,12-15,23,29,36H,11,16-22H2,1H3,(H3,34,35)(H,37,40)(H,38,41)/t23-,29+/m0/s1. The van der Waals surface area contributed by atoms with Gasteiger partial charge in [0.1, 0.15) is 11.9 Å². The zero-order chi connectivity index (χ0) is 30.6. The van der Waals surface area contributed by atoms with Gasteiger partial charge >= 0.3 is 0 Å². The van der Waals surface area contributed by atoms with E-state index in [0.29, 0.717) is 56.8 Å². The van der Waals surface area contributed by atoms with Gasteiger partial charge in [0.05, 0.1) is 19.3 Å². The maximum Gasteiger partial charge on any atom is 0.254 e. The van der Waals surface area contributed by atoms with Crippen LogP contribution in [0.4, 0.5) is 0 Å². The van der Waals surface area contributed by atoms with Crippen molar-refractivity contribution < 1.29 is 19.1 Å². The number of carbonyl (C=O) groups excluding carboxylic acids is 3. The quantitative estimate of drug-likeness (QED) is 0.154. The third-order valence-corrected chi connectivity index (χ3v) is 7.42. The van der Waals surface area contributed by atoms with E-state index in [2.05, 4.69) is 16.0 Å². The van der Waals surface area contributed by atoms with E-state index in [4.69, 9.17) is 15.9 Å². The second-order valence-electron chi connectivity index (χ2n) is 10.6. The number of nitrogen functional groups attached to an aromatic ring is 1. The molecule has 1 saturated heterocycles. The fourth-order valence-electron chi connectivity index (χ4n) is 4.76. The van der Waals surface area contributed by atoms with Crippen LogP contribution in [0.5, 0.6) is 0 Å². The highest BCUT2D eigenvalue weighted by Crippen LogP contribution is 2.11. The lowest BCUT2D eigenvalue weighted by molar-refractivity contribution is -0.129. The van der Waals surface area contributed by atoms with Crippen molar-refractivity contribution in [2.75, 3.05) is 26.3 Å². The molecule has 10 heteroatoms. The largest absolute Gasteiger partial charge is 0.384 e. The molecule has 1 aliphatic rings. The van der Waals surface area contributed by atoms with E-state index in [1.165, 1.54) is 0 Å². The molecular weight excluding hydrogens is 544 g/mol. The third kappa shape index (κ3) is 9.49. The summed E-state index contributed by atoms with van der Waals surface area (Å²) >= 11 is 0. The summed E-state index contributed by atoms with van der Waals surface area (Å²) in [6.45, 7) is 4.65. The van der Waals surface area contributed by atoms with Crippen LogP contribution in [0.3, 0.4) is 0 Å². The number of ether oxygens (including phenoxy) is 1. The van der Waals surface area contributed by atoms with Gasteiger partial charge < -0.3 is 31.3 Å². The first-order valence-electron chi connectivity index (χ1n) is 14.5.